The summed E-state index contributed by atoms with van der Waals surface area (Å²) >= 11 is 0. The molecule has 3 N–H and O–H groups in total. The lowest BCUT2D eigenvalue weighted by atomic mass is 10.1. The Balaban J connectivity index is 1.77. The van der Waals surface area contributed by atoms with Crippen molar-refractivity contribution in [1.82, 2.24) is 20.6 Å². The zero-order valence-corrected chi connectivity index (χ0v) is 11.4. The molecule has 0 amide bonds. The van der Waals surface area contributed by atoms with Gasteiger partial charge in [-0.1, -0.05) is 12.1 Å². The lowest BCUT2D eigenvalue weighted by molar-refractivity contribution is 0.421. The first kappa shape index (κ1) is 13.1. The van der Waals surface area contributed by atoms with Gasteiger partial charge in [-0.15, -0.1) is 0 Å². The molecule has 1 aromatic carbocycles. The number of hydrogen-bond acceptors (Lipinski definition) is 3. The molecule has 18 heavy (non-hydrogen) atoms. The van der Waals surface area contributed by atoms with Crippen LogP contribution in [0.5, 0.6) is 0 Å². The molecule has 0 spiro atoms. The number of nitrogens with one attached hydrogen (secondary N) is 3. The molecule has 0 unspecified atom stereocenters. The van der Waals surface area contributed by atoms with Crippen LogP contribution in [-0.2, 0) is 6.54 Å². The van der Waals surface area contributed by atoms with Crippen molar-refractivity contribution < 1.29 is 0 Å². The van der Waals surface area contributed by atoms with Gasteiger partial charge in [0.1, 0.15) is 5.82 Å². The van der Waals surface area contributed by atoms with Gasteiger partial charge >= 0.3 is 0 Å². The molecule has 0 aliphatic heterocycles. The van der Waals surface area contributed by atoms with Crippen molar-refractivity contribution >= 4 is 11.0 Å². The molecule has 0 fully saturated rings. The summed E-state index contributed by atoms with van der Waals surface area (Å²) in [6.07, 6.45) is 0. The minimum Gasteiger partial charge on any atom is -0.341 e. The van der Waals surface area contributed by atoms with E-state index in [1.165, 1.54) is 0 Å². The van der Waals surface area contributed by atoms with Crippen molar-refractivity contribution in [2.75, 3.05) is 13.1 Å². The van der Waals surface area contributed by atoms with E-state index in [2.05, 4.69) is 41.4 Å². The quantitative estimate of drug-likeness (QED) is 0.708. The monoisotopic (exact) mass is 246 g/mol. The summed E-state index contributed by atoms with van der Waals surface area (Å²) in [5.74, 6) is 0.993. The van der Waals surface area contributed by atoms with Gasteiger partial charge < -0.3 is 15.6 Å². The van der Waals surface area contributed by atoms with Crippen molar-refractivity contribution in [3.63, 3.8) is 0 Å². The predicted molar refractivity (Wildman–Crippen MR) is 75.6 cm³/mol. The van der Waals surface area contributed by atoms with Crippen molar-refractivity contribution in [2.45, 2.75) is 32.9 Å². The molecule has 0 aliphatic rings. The van der Waals surface area contributed by atoms with Crippen LogP contribution in [0.15, 0.2) is 24.3 Å². The molecule has 2 rings (SSSR count). The Morgan fingerprint density at radius 2 is 1.94 bits per heavy atom. The summed E-state index contributed by atoms with van der Waals surface area (Å²) < 4.78 is 0. The first-order chi connectivity index (χ1) is 8.54. The van der Waals surface area contributed by atoms with Gasteiger partial charge in [0.2, 0.25) is 0 Å². The summed E-state index contributed by atoms with van der Waals surface area (Å²) in [7, 11) is 0. The Bertz CT molecular complexity index is 463. The van der Waals surface area contributed by atoms with E-state index < -0.39 is 0 Å². The minimum absolute atomic E-state index is 0.182. The third kappa shape index (κ3) is 3.82. The van der Waals surface area contributed by atoms with E-state index in [9.17, 15) is 0 Å². The highest BCUT2D eigenvalue weighted by Gasteiger charge is 2.07. The van der Waals surface area contributed by atoms with Crippen molar-refractivity contribution in [1.29, 1.82) is 0 Å². The molecule has 0 aliphatic carbocycles. The fourth-order valence-corrected chi connectivity index (χ4v) is 1.82. The fraction of sp³-hybridized carbons (Fsp3) is 0.500. The van der Waals surface area contributed by atoms with Gasteiger partial charge in [0.15, 0.2) is 0 Å². The van der Waals surface area contributed by atoms with E-state index in [1.54, 1.807) is 0 Å². The Hall–Kier alpha value is -1.39. The van der Waals surface area contributed by atoms with Crippen LogP contribution in [0.1, 0.15) is 26.6 Å². The smallest absolute Gasteiger partial charge is 0.121 e. The summed E-state index contributed by atoms with van der Waals surface area (Å²) in [5.41, 5.74) is 2.31. The molecule has 0 bridgehead atoms. The molecule has 1 aromatic heterocycles. The van der Waals surface area contributed by atoms with Gasteiger partial charge in [0.05, 0.1) is 17.6 Å². The van der Waals surface area contributed by atoms with Crippen LogP contribution in [0.3, 0.4) is 0 Å². The van der Waals surface area contributed by atoms with E-state index in [1.807, 2.05) is 24.3 Å². The minimum atomic E-state index is 0.182. The number of H-pyrrole nitrogens is 1. The van der Waals surface area contributed by atoms with Crippen LogP contribution in [0.2, 0.25) is 0 Å². The molecule has 0 saturated heterocycles. The fourth-order valence-electron chi connectivity index (χ4n) is 1.82. The highest BCUT2D eigenvalue weighted by Crippen LogP contribution is 2.09. The molecule has 4 nitrogen and oxygen atoms in total. The number of hydrogen-bond donors (Lipinski definition) is 3. The van der Waals surface area contributed by atoms with Gasteiger partial charge in [0.25, 0.3) is 0 Å². The lowest BCUT2D eigenvalue weighted by Crippen LogP contribution is -2.40. The molecular weight excluding hydrogens is 224 g/mol. The summed E-state index contributed by atoms with van der Waals surface area (Å²) in [6, 6.07) is 8.10. The maximum Gasteiger partial charge on any atom is 0.121 e. The van der Waals surface area contributed by atoms with E-state index in [4.69, 9.17) is 0 Å². The second-order valence-electron chi connectivity index (χ2n) is 5.55. The molecule has 0 atom stereocenters. The molecular formula is C14H22N4. The lowest BCUT2D eigenvalue weighted by Gasteiger charge is -2.20. The largest absolute Gasteiger partial charge is 0.341 e. The maximum atomic E-state index is 4.52. The van der Waals surface area contributed by atoms with Crippen LogP contribution in [0.25, 0.3) is 11.0 Å². The number of rotatable bonds is 5. The zero-order valence-electron chi connectivity index (χ0n) is 11.4. The molecule has 98 valence electrons. The Kier molecular flexibility index (Phi) is 3.99. The molecule has 0 radical (unpaired) electrons. The summed E-state index contributed by atoms with van der Waals surface area (Å²) in [4.78, 5) is 7.83. The number of fused-ring (bicyclic) bond motifs is 1. The van der Waals surface area contributed by atoms with Crippen molar-refractivity contribution in [3.05, 3.63) is 30.1 Å². The number of benzene rings is 1. The predicted octanol–water partition coefficient (Wildman–Crippen LogP) is 2.04. The Morgan fingerprint density at radius 3 is 2.67 bits per heavy atom. The van der Waals surface area contributed by atoms with Crippen molar-refractivity contribution in [3.8, 4) is 0 Å². The van der Waals surface area contributed by atoms with Crippen LogP contribution in [0.4, 0.5) is 0 Å². The van der Waals surface area contributed by atoms with Gasteiger partial charge in [-0.05, 0) is 32.9 Å². The third-order valence-electron chi connectivity index (χ3n) is 2.69. The molecule has 2 aromatic rings. The molecule has 4 heteroatoms. The Morgan fingerprint density at radius 1 is 1.17 bits per heavy atom. The topological polar surface area (TPSA) is 52.7 Å². The van der Waals surface area contributed by atoms with Crippen LogP contribution >= 0.6 is 0 Å². The average molecular weight is 246 g/mol. The van der Waals surface area contributed by atoms with Crippen LogP contribution in [0, 0.1) is 0 Å². The first-order valence-electron chi connectivity index (χ1n) is 6.44. The van der Waals surface area contributed by atoms with Crippen LogP contribution in [-0.4, -0.2) is 28.6 Å². The Labute approximate surface area is 108 Å². The zero-order chi connectivity index (χ0) is 13.0. The summed E-state index contributed by atoms with van der Waals surface area (Å²) in [5, 5.41) is 6.82. The van der Waals surface area contributed by atoms with Gasteiger partial charge in [-0.25, -0.2) is 4.98 Å². The average Bonchev–Trinajstić information content (AvgIpc) is 2.69. The number of imidazole rings is 1. The van der Waals surface area contributed by atoms with E-state index in [0.29, 0.717) is 0 Å². The number of aromatic amines is 1. The second kappa shape index (κ2) is 5.50. The molecule has 0 saturated carbocycles. The van der Waals surface area contributed by atoms with Gasteiger partial charge in [-0.3, -0.25) is 0 Å². The number of para-hydroxylation sites is 2. The highest BCUT2D eigenvalue weighted by atomic mass is 15.0. The number of aromatic nitrogens is 2. The normalized spacial score (nSPS) is 12.2. The van der Waals surface area contributed by atoms with Crippen molar-refractivity contribution in [2.24, 2.45) is 0 Å². The first-order valence-corrected chi connectivity index (χ1v) is 6.44. The van der Waals surface area contributed by atoms with Gasteiger partial charge in [-0.2, -0.15) is 0 Å². The standard InChI is InChI=1S/C14H22N4/c1-14(2,3)16-9-8-15-10-13-17-11-6-4-5-7-12(11)18-13/h4-7,15-16H,8-10H2,1-3H3,(H,17,18). The second-order valence-corrected chi connectivity index (χ2v) is 5.55. The van der Waals surface area contributed by atoms with E-state index in [0.717, 1.165) is 36.5 Å². The van der Waals surface area contributed by atoms with Crippen LogP contribution < -0.4 is 10.6 Å². The molecule has 1 heterocycles. The SMILES string of the molecule is CC(C)(C)NCCNCc1nc2ccccc2[nH]1. The maximum absolute atomic E-state index is 4.52. The third-order valence-corrected chi connectivity index (χ3v) is 2.69. The number of nitrogens with zero attached hydrogens (tertiary/aromatic N) is 1. The summed E-state index contributed by atoms with van der Waals surface area (Å²) in [6.45, 7) is 9.20. The highest BCUT2D eigenvalue weighted by molar-refractivity contribution is 5.74. The van der Waals surface area contributed by atoms with E-state index >= 15 is 0 Å². The van der Waals surface area contributed by atoms with E-state index in [-0.39, 0.29) is 5.54 Å². The van der Waals surface area contributed by atoms with Gasteiger partial charge in [0, 0.05) is 18.6 Å².